The molecule has 0 aliphatic rings. The van der Waals surface area contributed by atoms with Gasteiger partial charge in [-0.05, 0) is 52.7 Å². The summed E-state index contributed by atoms with van der Waals surface area (Å²) in [6, 6.07) is 11.2. The standard InChI is InChI=1S/C15H17BrN2O2/c1-2-8-17-15(19)11-4-3-5-12(9-11)18-10-13-6-7-14(16)20-13/h3-7,9,18H,2,8,10H2,1H3,(H,17,19). The minimum Gasteiger partial charge on any atom is -0.452 e. The summed E-state index contributed by atoms with van der Waals surface area (Å²) in [7, 11) is 0. The predicted octanol–water partition coefficient (Wildman–Crippen LogP) is 3.79. The molecular formula is C15H17BrN2O2. The number of anilines is 1. The summed E-state index contributed by atoms with van der Waals surface area (Å²) in [5, 5.41) is 6.09. The van der Waals surface area contributed by atoms with E-state index in [4.69, 9.17) is 4.42 Å². The number of nitrogens with one attached hydrogen (secondary N) is 2. The molecule has 1 aromatic carbocycles. The molecular weight excluding hydrogens is 320 g/mol. The molecule has 0 bridgehead atoms. The van der Waals surface area contributed by atoms with Gasteiger partial charge in [-0.3, -0.25) is 4.79 Å². The predicted molar refractivity (Wildman–Crippen MR) is 82.8 cm³/mol. The topological polar surface area (TPSA) is 54.3 Å². The van der Waals surface area contributed by atoms with Crippen LogP contribution < -0.4 is 10.6 Å². The summed E-state index contributed by atoms with van der Waals surface area (Å²) in [5.41, 5.74) is 1.55. The second-order valence-corrected chi connectivity index (χ2v) is 5.18. The van der Waals surface area contributed by atoms with Crippen molar-refractivity contribution < 1.29 is 9.21 Å². The Kier molecular flexibility index (Phi) is 5.24. The lowest BCUT2D eigenvalue weighted by atomic mass is 10.2. The Hall–Kier alpha value is -1.75. The smallest absolute Gasteiger partial charge is 0.251 e. The van der Waals surface area contributed by atoms with Crippen molar-refractivity contribution in [1.29, 1.82) is 0 Å². The lowest BCUT2D eigenvalue weighted by molar-refractivity contribution is 0.0953. The van der Waals surface area contributed by atoms with Gasteiger partial charge in [0, 0.05) is 17.8 Å². The van der Waals surface area contributed by atoms with Gasteiger partial charge in [-0.25, -0.2) is 0 Å². The first kappa shape index (κ1) is 14.7. The van der Waals surface area contributed by atoms with E-state index in [0.717, 1.165) is 17.9 Å². The molecule has 106 valence electrons. The molecule has 5 heteroatoms. The van der Waals surface area contributed by atoms with Gasteiger partial charge in [-0.15, -0.1) is 0 Å². The molecule has 0 saturated carbocycles. The number of halogens is 1. The van der Waals surface area contributed by atoms with Crippen LogP contribution in [0.3, 0.4) is 0 Å². The van der Waals surface area contributed by atoms with E-state index in [-0.39, 0.29) is 5.91 Å². The minimum atomic E-state index is -0.0451. The van der Waals surface area contributed by atoms with E-state index >= 15 is 0 Å². The van der Waals surface area contributed by atoms with Crippen LogP contribution in [0.15, 0.2) is 45.5 Å². The van der Waals surface area contributed by atoms with Crippen LogP contribution in [0.2, 0.25) is 0 Å². The monoisotopic (exact) mass is 336 g/mol. The quantitative estimate of drug-likeness (QED) is 0.843. The first-order valence-electron chi connectivity index (χ1n) is 6.55. The zero-order chi connectivity index (χ0) is 14.4. The van der Waals surface area contributed by atoms with E-state index in [9.17, 15) is 4.79 Å². The van der Waals surface area contributed by atoms with Crippen molar-refractivity contribution in [3.63, 3.8) is 0 Å². The molecule has 2 rings (SSSR count). The summed E-state index contributed by atoms with van der Waals surface area (Å²) in [6.45, 7) is 3.29. The van der Waals surface area contributed by atoms with Crippen molar-refractivity contribution in [3.05, 3.63) is 52.4 Å². The van der Waals surface area contributed by atoms with Crippen molar-refractivity contribution in [2.24, 2.45) is 0 Å². The zero-order valence-corrected chi connectivity index (χ0v) is 12.9. The molecule has 0 fully saturated rings. The Balaban J connectivity index is 1.97. The van der Waals surface area contributed by atoms with Crippen molar-refractivity contribution in [3.8, 4) is 0 Å². The Labute approximate surface area is 126 Å². The van der Waals surface area contributed by atoms with E-state index in [0.29, 0.717) is 23.3 Å². The van der Waals surface area contributed by atoms with Crippen LogP contribution in [0.5, 0.6) is 0 Å². The lowest BCUT2D eigenvalue weighted by Crippen LogP contribution is -2.23. The van der Waals surface area contributed by atoms with Crippen molar-refractivity contribution >= 4 is 27.5 Å². The molecule has 0 atom stereocenters. The van der Waals surface area contributed by atoms with Gasteiger partial charge in [0.05, 0.1) is 6.54 Å². The summed E-state index contributed by atoms with van der Waals surface area (Å²) >= 11 is 3.27. The molecule has 1 aromatic heterocycles. The van der Waals surface area contributed by atoms with Crippen LogP contribution in [0.1, 0.15) is 29.5 Å². The number of benzene rings is 1. The molecule has 0 unspecified atom stereocenters. The zero-order valence-electron chi connectivity index (χ0n) is 11.3. The number of amides is 1. The van der Waals surface area contributed by atoms with Gasteiger partial charge in [0.2, 0.25) is 0 Å². The highest BCUT2D eigenvalue weighted by molar-refractivity contribution is 9.10. The third kappa shape index (κ3) is 4.13. The Morgan fingerprint density at radius 1 is 1.30 bits per heavy atom. The van der Waals surface area contributed by atoms with E-state index in [2.05, 4.69) is 26.6 Å². The molecule has 0 aliphatic heterocycles. The second kappa shape index (κ2) is 7.14. The SMILES string of the molecule is CCCNC(=O)c1cccc(NCc2ccc(Br)o2)c1. The number of hydrogen-bond donors (Lipinski definition) is 2. The van der Waals surface area contributed by atoms with Crippen LogP contribution in [0.25, 0.3) is 0 Å². The average molecular weight is 337 g/mol. The molecule has 20 heavy (non-hydrogen) atoms. The maximum absolute atomic E-state index is 11.9. The van der Waals surface area contributed by atoms with E-state index < -0.39 is 0 Å². The molecule has 0 spiro atoms. The van der Waals surface area contributed by atoms with E-state index in [1.165, 1.54) is 0 Å². The minimum absolute atomic E-state index is 0.0451. The third-order valence-corrected chi connectivity index (χ3v) is 3.18. The van der Waals surface area contributed by atoms with Crippen molar-refractivity contribution in [2.75, 3.05) is 11.9 Å². The third-order valence-electron chi connectivity index (χ3n) is 2.76. The fraction of sp³-hybridized carbons (Fsp3) is 0.267. The van der Waals surface area contributed by atoms with Crippen LogP contribution >= 0.6 is 15.9 Å². The number of hydrogen-bond acceptors (Lipinski definition) is 3. The number of rotatable bonds is 6. The lowest BCUT2D eigenvalue weighted by Gasteiger charge is -2.07. The van der Waals surface area contributed by atoms with Crippen LogP contribution in [0, 0.1) is 0 Å². The molecule has 2 aromatic rings. The van der Waals surface area contributed by atoms with Crippen LogP contribution in [0.4, 0.5) is 5.69 Å². The average Bonchev–Trinajstić information content (AvgIpc) is 2.88. The molecule has 2 N–H and O–H groups in total. The van der Waals surface area contributed by atoms with Gasteiger partial charge in [-0.1, -0.05) is 13.0 Å². The van der Waals surface area contributed by atoms with Crippen LogP contribution in [-0.2, 0) is 6.54 Å². The highest BCUT2D eigenvalue weighted by atomic mass is 79.9. The summed E-state index contributed by atoms with van der Waals surface area (Å²) in [4.78, 5) is 11.9. The maximum Gasteiger partial charge on any atom is 0.251 e. The molecule has 1 heterocycles. The molecule has 0 radical (unpaired) electrons. The van der Waals surface area contributed by atoms with Gasteiger partial charge >= 0.3 is 0 Å². The Bertz CT molecular complexity index is 581. The fourth-order valence-corrected chi connectivity index (χ4v) is 2.09. The van der Waals surface area contributed by atoms with E-state index in [1.54, 1.807) is 6.07 Å². The van der Waals surface area contributed by atoms with Gasteiger partial charge in [0.25, 0.3) is 5.91 Å². The molecule has 1 amide bonds. The summed E-state index contributed by atoms with van der Waals surface area (Å²) in [5.74, 6) is 0.786. The highest BCUT2D eigenvalue weighted by Crippen LogP contribution is 2.16. The molecule has 0 aliphatic carbocycles. The van der Waals surface area contributed by atoms with Crippen molar-refractivity contribution in [1.82, 2.24) is 5.32 Å². The largest absolute Gasteiger partial charge is 0.452 e. The van der Waals surface area contributed by atoms with Gasteiger partial charge in [-0.2, -0.15) is 0 Å². The fourth-order valence-electron chi connectivity index (χ4n) is 1.75. The second-order valence-electron chi connectivity index (χ2n) is 4.40. The summed E-state index contributed by atoms with van der Waals surface area (Å²) in [6.07, 6.45) is 0.928. The van der Waals surface area contributed by atoms with Gasteiger partial charge in [0.15, 0.2) is 4.67 Å². The first-order valence-corrected chi connectivity index (χ1v) is 7.34. The summed E-state index contributed by atoms with van der Waals surface area (Å²) < 4.78 is 6.12. The highest BCUT2D eigenvalue weighted by Gasteiger charge is 2.05. The number of furan rings is 1. The van der Waals surface area contributed by atoms with Crippen molar-refractivity contribution in [2.45, 2.75) is 19.9 Å². The first-order chi connectivity index (χ1) is 9.69. The van der Waals surface area contributed by atoms with Crippen LogP contribution in [-0.4, -0.2) is 12.5 Å². The molecule has 0 saturated heterocycles. The Morgan fingerprint density at radius 2 is 2.15 bits per heavy atom. The number of carbonyl (C=O) groups excluding carboxylic acids is 1. The van der Waals surface area contributed by atoms with Gasteiger partial charge < -0.3 is 15.1 Å². The van der Waals surface area contributed by atoms with Gasteiger partial charge in [0.1, 0.15) is 5.76 Å². The van der Waals surface area contributed by atoms with E-state index in [1.807, 2.05) is 37.3 Å². The number of carbonyl (C=O) groups is 1. The molecule has 4 nitrogen and oxygen atoms in total. The maximum atomic E-state index is 11.9. The Morgan fingerprint density at radius 3 is 2.85 bits per heavy atom. The normalized spacial score (nSPS) is 10.3.